The van der Waals surface area contributed by atoms with Crippen molar-refractivity contribution in [2.45, 2.75) is 64.0 Å². The van der Waals surface area contributed by atoms with Crippen LogP contribution in [0.3, 0.4) is 0 Å². The minimum Gasteiger partial charge on any atom is -0.383 e. The molecule has 3 fully saturated rings. The number of amides is 2. The molecule has 1 saturated carbocycles. The number of carbonyl (C=O) groups is 2. The Morgan fingerprint density at radius 2 is 1.96 bits per heavy atom. The van der Waals surface area contributed by atoms with Crippen LogP contribution in [0, 0.1) is 5.92 Å². The Balaban J connectivity index is 1.66. The lowest BCUT2D eigenvalue weighted by Crippen LogP contribution is -2.59. The summed E-state index contributed by atoms with van der Waals surface area (Å²) in [5.41, 5.74) is 0.957. The zero-order valence-corrected chi connectivity index (χ0v) is 17.2. The van der Waals surface area contributed by atoms with E-state index in [0.29, 0.717) is 18.4 Å². The number of hydrogen-bond donors (Lipinski definition) is 1. The van der Waals surface area contributed by atoms with E-state index in [-0.39, 0.29) is 17.9 Å². The number of piperidine rings is 2. The second-order valence-electron chi connectivity index (χ2n) is 8.70. The van der Waals surface area contributed by atoms with E-state index >= 15 is 0 Å². The van der Waals surface area contributed by atoms with Crippen LogP contribution in [0.5, 0.6) is 0 Å². The maximum atomic E-state index is 12.6. The fourth-order valence-corrected chi connectivity index (χ4v) is 4.99. The van der Waals surface area contributed by atoms with Crippen LogP contribution < -0.4 is 5.32 Å². The number of hydrogen-bond acceptors (Lipinski definition) is 4. The summed E-state index contributed by atoms with van der Waals surface area (Å²) in [6.45, 7) is 5.88. The highest BCUT2D eigenvalue weighted by Crippen LogP contribution is 2.36. The molecule has 6 heteroatoms. The number of nitrogens with zero attached hydrogens (tertiary/aromatic N) is 3. The van der Waals surface area contributed by atoms with Gasteiger partial charge in [-0.25, -0.2) is 4.79 Å². The van der Waals surface area contributed by atoms with Crippen molar-refractivity contribution in [2.75, 3.05) is 40.3 Å². The van der Waals surface area contributed by atoms with Gasteiger partial charge in [-0.3, -0.25) is 9.69 Å². The number of ketones is 1. The van der Waals surface area contributed by atoms with E-state index in [1.165, 1.54) is 6.42 Å². The molecule has 1 aliphatic carbocycles. The number of fused-ring (bicyclic) bond motifs is 1. The molecule has 27 heavy (non-hydrogen) atoms. The number of nitrogens with one attached hydrogen (secondary N) is 1. The molecule has 0 aromatic heterocycles. The minimum absolute atomic E-state index is 0.0879. The van der Waals surface area contributed by atoms with Crippen molar-refractivity contribution in [1.82, 2.24) is 20.0 Å². The van der Waals surface area contributed by atoms with E-state index in [2.05, 4.69) is 17.1 Å². The van der Waals surface area contributed by atoms with Crippen molar-refractivity contribution in [3.63, 3.8) is 0 Å². The highest BCUT2D eigenvalue weighted by Gasteiger charge is 2.41. The van der Waals surface area contributed by atoms with Gasteiger partial charge in [-0.2, -0.15) is 0 Å². The highest BCUT2D eigenvalue weighted by molar-refractivity contribution is 5.96. The molecule has 2 saturated heterocycles. The summed E-state index contributed by atoms with van der Waals surface area (Å²) in [6, 6.07) is 0.668. The standard InChI is InChI=1S/C21H36N4O2/c1-4-8-25-15-18(22-21(27)24-9-6-5-7-10-24)11-16-13-20(26)17(12-19(16)25)14-23(2)3/h14,16,18-19H,4-13,15H2,1-3H3,(H,22,27)/t16-,18+,19-/m1/s1. The van der Waals surface area contributed by atoms with Gasteiger partial charge in [0.15, 0.2) is 5.78 Å². The van der Waals surface area contributed by atoms with Gasteiger partial charge in [0.1, 0.15) is 0 Å². The molecule has 3 atom stereocenters. The van der Waals surface area contributed by atoms with Crippen LogP contribution in [0.4, 0.5) is 4.79 Å². The van der Waals surface area contributed by atoms with Crippen molar-refractivity contribution in [3.05, 3.63) is 11.8 Å². The van der Waals surface area contributed by atoms with Gasteiger partial charge in [0.25, 0.3) is 0 Å². The Morgan fingerprint density at radius 3 is 2.63 bits per heavy atom. The van der Waals surface area contributed by atoms with Crippen LogP contribution in [-0.2, 0) is 4.79 Å². The third-order valence-electron chi connectivity index (χ3n) is 6.19. The van der Waals surface area contributed by atoms with Crippen LogP contribution in [0.15, 0.2) is 11.8 Å². The van der Waals surface area contributed by atoms with Crippen molar-refractivity contribution < 1.29 is 9.59 Å². The molecule has 0 aromatic rings. The van der Waals surface area contributed by atoms with Gasteiger partial charge in [0.05, 0.1) is 0 Å². The predicted octanol–water partition coefficient (Wildman–Crippen LogP) is 2.46. The zero-order chi connectivity index (χ0) is 19.4. The van der Waals surface area contributed by atoms with Gasteiger partial charge in [-0.1, -0.05) is 6.92 Å². The first-order valence-corrected chi connectivity index (χ1v) is 10.7. The molecule has 0 spiro atoms. The maximum Gasteiger partial charge on any atom is 0.317 e. The summed E-state index contributed by atoms with van der Waals surface area (Å²) in [6.07, 6.45) is 8.91. The molecule has 2 amide bonds. The number of rotatable bonds is 4. The predicted molar refractivity (Wildman–Crippen MR) is 108 cm³/mol. The second kappa shape index (κ2) is 9.09. The largest absolute Gasteiger partial charge is 0.383 e. The summed E-state index contributed by atoms with van der Waals surface area (Å²) < 4.78 is 0. The fourth-order valence-electron chi connectivity index (χ4n) is 4.99. The van der Waals surface area contributed by atoms with E-state index in [0.717, 1.165) is 63.9 Å². The molecule has 1 N–H and O–H groups in total. The molecule has 152 valence electrons. The Labute approximate surface area is 163 Å². The van der Waals surface area contributed by atoms with Crippen LogP contribution in [0.2, 0.25) is 0 Å². The number of likely N-dealkylation sites (tertiary alicyclic amines) is 2. The third-order valence-corrected chi connectivity index (χ3v) is 6.19. The van der Waals surface area contributed by atoms with Crippen LogP contribution in [0.25, 0.3) is 0 Å². The molecule has 3 rings (SSSR count). The monoisotopic (exact) mass is 376 g/mol. The topological polar surface area (TPSA) is 55.9 Å². The summed E-state index contributed by atoms with van der Waals surface area (Å²) in [5, 5.41) is 3.28. The maximum absolute atomic E-state index is 12.6. The van der Waals surface area contributed by atoms with Gasteiger partial charge >= 0.3 is 6.03 Å². The summed E-state index contributed by atoms with van der Waals surface area (Å²) >= 11 is 0. The second-order valence-corrected chi connectivity index (χ2v) is 8.70. The van der Waals surface area contributed by atoms with Gasteiger partial charge in [0.2, 0.25) is 0 Å². The van der Waals surface area contributed by atoms with Crippen molar-refractivity contribution in [3.8, 4) is 0 Å². The first-order valence-electron chi connectivity index (χ1n) is 10.7. The van der Waals surface area contributed by atoms with Gasteiger partial charge < -0.3 is 15.1 Å². The van der Waals surface area contributed by atoms with E-state index in [9.17, 15) is 9.59 Å². The normalized spacial score (nSPS) is 30.9. The van der Waals surface area contributed by atoms with Crippen LogP contribution in [-0.4, -0.2) is 78.9 Å². The average molecular weight is 377 g/mol. The molecule has 2 aliphatic heterocycles. The molecule has 3 aliphatic rings. The van der Waals surface area contributed by atoms with Crippen molar-refractivity contribution in [2.24, 2.45) is 5.92 Å². The molecule has 0 aromatic carbocycles. The number of urea groups is 1. The SMILES string of the molecule is CCCN1C[C@@H](NC(=O)N2CCCCC2)C[C@@H]2CC(=O)C(=CN(C)C)C[C@H]21. The van der Waals surface area contributed by atoms with E-state index in [4.69, 9.17) is 0 Å². The molecule has 2 heterocycles. The van der Waals surface area contributed by atoms with Gasteiger partial charge in [-0.05, 0) is 51.0 Å². The highest BCUT2D eigenvalue weighted by atomic mass is 16.2. The van der Waals surface area contributed by atoms with Crippen molar-refractivity contribution >= 4 is 11.8 Å². The Kier molecular flexibility index (Phi) is 6.79. The molecular weight excluding hydrogens is 340 g/mol. The minimum atomic E-state index is 0.0879. The van der Waals surface area contributed by atoms with Crippen LogP contribution in [0.1, 0.15) is 51.9 Å². The number of carbonyl (C=O) groups excluding carboxylic acids is 2. The first kappa shape index (κ1) is 20.2. The fraction of sp³-hybridized carbons (Fsp3) is 0.810. The average Bonchev–Trinajstić information content (AvgIpc) is 2.63. The van der Waals surface area contributed by atoms with Gasteiger partial charge in [0, 0.05) is 64.0 Å². The molecule has 6 nitrogen and oxygen atoms in total. The van der Waals surface area contributed by atoms with Crippen LogP contribution >= 0.6 is 0 Å². The number of Topliss-reactive ketones (excluding diaryl/α,β-unsaturated/α-hetero) is 1. The van der Waals surface area contributed by atoms with E-state index in [1.807, 2.05) is 30.1 Å². The Morgan fingerprint density at radius 1 is 1.22 bits per heavy atom. The van der Waals surface area contributed by atoms with E-state index in [1.54, 1.807) is 0 Å². The summed E-state index contributed by atoms with van der Waals surface area (Å²) in [7, 11) is 3.95. The lowest BCUT2D eigenvalue weighted by Gasteiger charge is -2.47. The molecule has 0 unspecified atom stereocenters. The molecule has 0 radical (unpaired) electrons. The first-order chi connectivity index (χ1) is 13.0. The lowest BCUT2D eigenvalue weighted by atomic mass is 9.74. The summed E-state index contributed by atoms with van der Waals surface area (Å²) in [5.74, 6) is 0.633. The Bertz CT molecular complexity index is 569. The van der Waals surface area contributed by atoms with Gasteiger partial charge in [-0.15, -0.1) is 0 Å². The van der Waals surface area contributed by atoms with Crippen molar-refractivity contribution in [1.29, 1.82) is 0 Å². The third kappa shape index (κ3) is 5.03. The smallest absolute Gasteiger partial charge is 0.317 e. The Hall–Kier alpha value is -1.56. The van der Waals surface area contributed by atoms with E-state index < -0.39 is 0 Å². The molecule has 0 bridgehead atoms. The summed E-state index contributed by atoms with van der Waals surface area (Å²) in [4.78, 5) is 31.7. The lowest BCUT2D eigenvalue weighted by molar-refractivity contribution is -0.119. The quantitative estimate of drug-likeness (QED) is 0.766. The molecular formula is C21H36N4O2. The zero-order valence-electron chi connectivity index (χ0n) is 17.2.